The van der Waals surface area contributed by atoms with Crippen molar-refractivity contribution in [1.82, 2.24) is 4.57 Å². The Bertz CT molecular complexity index is 3090. The summed E-state index contributed by atoms with van der Waals surface area (Å²) >= 11 is 1.84. The van der Waals surface area contributed by atoms with Crippen LogP contribution in [0.5, 0.6) is 0 Å². The molecule has 0 bridgehead atoms. The molecule has 0 amide bonds. The standard InChI is InChI=1S/C48H30N2OS/c1-6-16-42(50-43-17-7-2-12-36(43)37-13-3-8-18-44(37)50)35(11-1)31-21-23-32(24-22-31)49(33-26-28-48-41(29-33)40-15-5-10-20-47(40)52-48)34-25-27-39-38-14-4-9-19-45(38)51-46(39)30-34/h1-30H. The summed E-state index contributed by atoms with van der Waals surface area (Å²) in [5.41, 5.74) is 10.9. The molecule has 0 aliphatic heterocycles. The number of anilines is 3. The van der Waals surface area contributed by atoms with Crippen LogP contribution in [0.4, 0.5) is 17.1 Å². The van der Waals surface area contributed by atoms with Crippen LogP contribution in [0, 0.1) is 0 Å². The molecule has 0 radical (unpaired) electrons. The third-order valence-corrected chi connectivity index (χ3v) is 11.6. The van der Waals surface area contributed by atoms with Crippen LogP contribution in [0.25, 0.3) is 80.7 Å². The number of benzene rings is 8. The summed E-state index contributed by atoms with van der Waals surface area (Å²) in [6, 6.07) is 65.5. The first-order chi connectivity index (χ1) is 25.8. The van der Waals surface area contributed by atoms with Crippen molar-refractivity contribution < 1.29 is 4.42 Å². The predicted molar refractivity (Wildman–Crippen MR) is 221 cm³/mol. The van der Waals surface area contributed by atoms with Gasteiger partial charge in [0.05, 0.1) is 16.7 Å². The number of hydrogen-bond acceptors (Lipinski definition) is 3. The van der Waals surface area contributed by atoms with E-state index >= 15 is 0 Å². The van der Waals surface area contributed by atoms with Crippen LogP contribution in [0.1, 0.15) is 0 Å². The highest BCUT2D eigenvalue weighted by Crippen LogP contribution is 2.43. The lowest BCUT2D eigenvalue weighted by Crippen LogP contribution is -2.09. The molecule has 4 heteroatoms. The van der Waals surface area contributed by atoms with E-state index in [0.717, 1.165) is 50.3 Å². The Hall–Kier alpha value is -6.62. The predicted octanol–water partition coefficient (Wildman–Crippen LogP) is 14.2. The maximum absolute atomic E-state index is 6.39. The van der Waals surface area contributed by atoms with Crippen LogP contribution >= 0.6 is 11.3 Å². The zero-order valence-corrected chi connectivity index (χ0v) is 28.8. The quantitative estimate of drug-likeness (QED) is 0.180. The molecule has 0 unspecified atom stereocenters. The van der Waals surface area contributed by atoms with Crippen molar-refractivity contribution in [2.45, 2.75) is 0 Å². The van der Waals surface area contributed by atoms with Crippen molar-refractivity contribution in [2.24, 2.45) is 0 Å². The van der Waals surface area contributed by atoms with Gasteiger partial charge in [-0.3, -0.25) is 0 Å². The fraction of sp³-hybridized carbons (Fsp3) is 0. The molecule has 11 aromatic rings. The summed E-state index contributed by atoms with van der Waals surface area (Å²) in [5.74, 6) is 0. The first-order valence-corrected chi connectivity index (χ1v) is 18.4. The fourth-order valence-electron chi connectivity index (χ4n) is 8.04. The minimum Gasteiger partial charge on any atom is -0.456 e. The molecule has 0 spiro atoms. The first kappa shape index (κ1) is 29.1. The maximum atomic E-state index is 6.39. The number of furan rings is 1. The van der Waals surface area contributed by atoms with Crippen LogP contribution in [0.2, 0.25) is 0 Å². The van der Waals surface area contributed by atoms with E-state index in [-0.39, 0.29) is 0 Å². The number of para-hydroxylation sites is 4. The minimum atomic E-state index is 0.877. The van der Waals surface area contributed by atoms with Gasteiger partial charge >= 0.3 is 0 Å². The van der Waals surface area contributed by atoms with Gasteiger partial charge in [-0.1, -0.05) is 103 Å². The largest absolute Gasteiger partial charge is 0.456 e. The molecule has 0 N–H and O–H groups in total. The van der Waals surface area contributed by atoms with Crippen molar-refractivity contribution in [3.8, 4) is 16.8 Å². The van der Waals surface area contributed by atoms with Gasteiger partial charge in [-0.2, -0.15) is 0 Å². The molecule has 0 aliphatic carbocycles. The summed E-state index contributed by atoms with van der Waals surface area (Å²) in [6.45, 7) is 0. The van der Waals surface area contributed by atoms with Gasteiger partial charge in [-0.15, -0.1) is 11.3 Å². The lowest BCUT2D eigenvalue weighted by Gasteiger charge is -2.26. The summed E-state index contributed by atoms with van der Waals surface area (Å²) < 4.78 is 11.4. The average molecular weight is 683 g/mol. The van der Waals surface area contributed by atoms with E-state index in [1.165, 1.54) is 47.5 Å². The fourth-order valence-corrected chi connectivity index (χ4v) is 9.13. The summed E-state index contributed by atoms with van der Waals surface area (Å²) in [6.07, 6.45) is 0. The van der Waals surface area contributed by atoms with E-state index in [9.17, 15) is 0 Å². The topological polar surface area (TPSA) is 21.3 Å². The van der Waals surface area contributed by atoms with Gasteiger partial charge in [0.1, 0.15) is 11.2 Å². The first-order valence-electron chi connectivity index (χ1n) is 17.6. The number of thiophene rings is 1. The Morgan fingerprint density at radius 3 is 1.79 bits per heavy atom. The zero-order chi connectivity index (χ0) is 34.2. The van der Waals surface area contributed by atoms with Crippen LogP contribution in [-0.4, -0.2) is 4.57 Å². The van der Waals surface area contributed by atoms with Gasteiger partial charge in [-0.05, 0) is 78.4 Å². The Labute approximate surface area is 303 Å². The monoisotopic (exact) mass is 682 g/mol. The van der Waals surface area contributed by atoms with Crippen LogP contribution in [0.3, 0.4) is 0 Å². The highest BCUT2D eigenvalue weighted by Gasteiger charge is 2.19. The van der Waals surface area contributed by atoms with Crippen molar-refractivity contribution in [3.05, 3.63) is 182 Å². The Balaban J connectivity index is 1.08. The van der Waals surface area contributed by atoms with Gasteiger partial charge < -0.3 is 13.9 Å². The highest BCUT2D eigenvalue weighted by atomic mass is 32.1. The van der Waals surface area contributed by atoms with Gasteiger partial charge in [0.2, 0.25) is 0 Å². The minimum absolute atomic E-state index is 0.877. The van der Waals surface area contributed by atoms with Crippen molar-refractivity contribution >= 4 is 92.3 Å². The summed E-state index contributed by atoms with van der Waals surface area (Å²) in [5, 5.41) is 7.33. The lowest BCUT2D eigenvalue weighted by atomic mass is 10.0. The number of aromatic nitrogens is 1. The van der Waals surface area contributed by atoms with Crippen LogP contribution in [0.15, 0.2) is 186 Å². The molecule has 52 heavy (non-hydrogen) atoms. The van der Waals surface area contributed by atoms with E-state index in [2.05, 4.69) is 179 Å². The summed E-state index contributed by atoms with van der Waals surface area (Å²) in [4.78, 5) is 2.35. The molecular formula is C48H30N2OS. The molecule has 3 aromatic heterocycles. The SMILES string of the molecule is c1ccc(-n2c3ccccc3c3ccccc32)c(-c2ccc(N(c3ccc4c(c3)oc3ccccc34)c3ccc4sc5ccccc5c4c3)cc2)c1. The number of fused-ring (bicyclic) bond motifs is 9. The van der Waals surface area contributed by atoms with E-state index in [0.29, 0.717) is 0 Å². The second-order valence-electron chi connectivity index (χ2n) is 13.3. The molecule has 3 heterocycles. The van der Waals surface area contributed by atoms with Gasteiger partial charge in [0.25, 0.3) is 0 Å². The van der Waals surface area contributed by atoms with Crippen LogP contribution < -0.4 is 4.90 Å². The number of hydrogen-bond donors (Lipinski definition) is 0. The lowest BCUT2D eigenvalue weighted by molar-refractivity contribution is 0.669. The van der Waals surface area contributed by atoms with Gasteiger partial charge in [-0.25, -0.2) is 0 Å². The Morgan fingerprint density at radius 1 is 0.404 bits per heavy atom. The van der Waals surface area contributed by atoms with Crippen molar-refractivity contribution in [2.75, 3.05) is 4.90 Å². The molecular weight excluding hydrogens is 653 g/mol. The van der Waals surface area contributed by atoms with Gasteiger partial charge in [0, 0.05) is 70.4 Å². The molecule has 8 aromatic carbocycles. The molecule has 0 atom stereocenters. The highest BCUT2D eigenvalue weighted by molar-refractivity contribution is 7.25. The third-order valence-electron chi connectivity index (χ3n) is 10.4. The molecule has 0 saturated heterocycles. The van der Waals surface area contributed by atoms with E-state index < -0.39 is 0 Å². The molecule has 0 aliphatic rings. The smallest absolute Gasteiger partial charge is 0.137 e. The second kappa shape index (κ2) is 11.5. The molecule has 11 rings (SSSR count). The second-order valence-corrected chi connectivity index (χ2v) is 14.4. The Kier molecular flexibility index (Phi) is 6.42. The summed E-state index contributed by atoms with van der Waals surface area (Å²) in [7, 11) is 0. The molecule has 0 saturated carbocycles. The van der Waals surface area contributed by atoms with E-state index in [1.54, 1.807) is 0 Å². The number of nitrogens with zero attached hydrogens (tertiary/aromatic N) is 2. The van der Waals surface area contributed by atoms with E-state index in [1.807, 2.05) is 23.5 Å². The molecule has 3 nitrogen and oxygen atoms in total. The van der Waals surface area contributed by atoms with Crippen LogP contribution in [-0.2, 0) is 0 Å². The van der Waals surface area contributed by atoms with E-state index in [4.69, 9.17) is 4.42 Å². The number of rotatable bonds is 5. The van der Waals surface area contributed by atoms with Crippen molar-refractivity contribution in [3.63, 3.8) is 0 Å². The Morgan fingerprint density at radius 2 is 0.981 bits per heavy atom. The molecule has 0 fully saturated rings. The maximum Gasteiger partial charge on any atom is 0.137 e. The normalized spacial score (nSPS) is 11.8. The van der Waals surface area contributed by atoms with Gasteiger partial charge in [0.15, 0.2) is 0 Å². The molecule has 244 valence electrons. The van der Waals surface area contributed by atoms with Crippen molar-refractivity contribution in [1.29, 1.82) is 0 Å². The average Bonchev–Trinajstić information content (AvgIpc) is 3.87. The zero-order valence-electron chi connectivity index (χ0n) is 28.0. The third kappa shape index (κ3) is 4.45.